The maximum atomic E-state index is 6.51. The molecule has 0 radical (unpaired) electrons. The molecule has 1 aliphatic rings. The second kappa shape index (κ2) is 6.31. The zero-order chi connectivity index (χ0) is 14.7. The molecule has 0 saturated carbocycles. The van der Waals surface area contributed by atoms with E-state index in [4.69, 9.17) is 10.5 Å². The van der Waals surface area contributed by atoms with Crippen LogP contribution in [0.25, 0.3) is 0 Å². The molecule has 2 heteroatoms. The van der Waals surface area contributed by atoms with Crippen LogP contribution in [0.2, 0.25) is 0 Å². The van der Waals surface area contributed by atoms with Crippen LogP contribution in [0.15, 0.2) is 48.5 Å². The standard InChI is InChI=1S/C19H23NO/c1-2-21-18-11-9-15(10-12-18)19(20)17-8-7-14-5-3-4-6-16(14)13-17/h3-6,9-12,17,19H,2,7-8,13,20H2,1H3. The van der Waals surface area contributed by atoms with Crippen molar-refractivity contribution in [2.24, 2.45) is 11.7 Å². The van der Waals surface area contributed by atoms with Crippen LogP contribution in [0.1, 0.15) is 36.1 Å². The van der Waals surface area contributed by atoms with Crippen molar-refractivity contribution in [2.75, 3.05) is 6.61 Å². The lowest BCUT2D eigenvalue weighted by molar-refractivity contribution is 0.339. The van der Waals surface area contributed by atoms with Gasteiger partial charge in [-0.25, -0.2) is 0 Å². The van der Waals surface area contributed by atoms with Crippen molar-refractivity contribution in [3.63, 3.8) is 0 Å². The number of rotatable bonds is 4. The van der Waals surface area contributed by atoms with Gasteiger partial charge in [-0.1, -0.05) is 36.4 Å². The van der Waals surface area contributed by atoms with E-state index in [9.17, 15) is 0 Å². The summed E-state index contributed by atoms with van der Waals surface area (Å²) >= 11 is 0. The first-order chi connectivity index (χ1) is 10.3. The van der Waals surface area contributed by atoms with E-state index in [-0.39, 0.29) is 6.04 Å². The van der Waals surface area contributed by atoms with Gasteiger partial charge in [0.1, 0.15) is 5.75 Å². The summed E-state index contributed by atoms with van der Waals surface area (Å²) in [6, 6.07) is 17.1. The summed E-state index contributed by atoms with van der Waals surface area (Å²) in [6.07, 6.45) is 3.40. The highest BCUT2D eigenvalue weighted by molar-refractivity contribution is 5.33. The van der Waals surface area contributed by atoms with Gasteiger partial charge < -0.3 is 10.5 Å². The van der Waals surface area contributed by atoms with Gasteiger partial charge in [0, 0.05) is 6.04 Å². The van der Waals surface area contributed by atoms with Crippen LogP contribution in [-0.2, 0) is 12.8 Å². The average Bonchev–Trinajstić information content (AvgIpc) is 2.55. The molecule has 0 bridgehead atoms. The number of fused-ring (bicyclic) bond motifs is 1. The molecule has 2 atom stereocenters. The smallest absolute Gasteiger partial charge is 0.119 e. The number of hydrogen-bond donors (Lipinski definition) is 1. The van der Waals surface area contributed by atoms with Crippen LogP contribution >= 0.6 is 0 Å². The summed E-state index contributed by atoms with van der Waals surface area (Å²) in [5.74, 6) is 1.44. The Morgan fingerprint density at radius 2 is 1.81 bits per heavy atom. The van der Waals surface area contributed by atoms with Gasteiger partial charge in [-0.3, -0.25) is 0 Å². The Bertz CT molecular complexity index is 591. The molecule has 0 aliphatic heterocycles. The van der Waals surface area contributed by atoms with E-state index >= 15 is 0 Å². The van der Waals surface area contributed by atoms with Gasteiger partial charge in [-0.05, 0) is 60.9 Å². The minimum atomic E-state index is 0.106. The third-order valence-electron chi connectivity index (χ3n) is 4.47. The van der Waals surface area contributed by atoms with Crippen LogP contribution in [0, 0.1) is 5.92 Å². The Labute approximate surface area is 126 Å². The molecule has 21 heavy (non-hydrogen) atoms. The Balaban J connectivity index is 1.72. The SMILES string of the molecule is CCOc1ccc(C(N)C2CCc3ccccc3C2)cc1. The monoisotopic (exact) mass is 281 g/mol. The minimum absolute atomic E-state index is 0.106. The van der Waals surface area contributed by atoms with Gasteiger partial charge in [0.05, 0.1) is 6.61 Å². The summed E-state index contributed by atoms with van der Waals surface area (Å²) in [5.41, 5.74) is 10.7. The summed E-state index contributed by atoms with van der Waals surface area (Å²) < 4.78 is 5.49. The summed E-state index contributed by atoms with van der Waals surface area (Å²) in [5, 5.41) is 0. The predicted molar refractivity (Wildman–Crippen MR) is 86.5 cm³/mol. The first kappa shape index (κ1) is 14.2. The lowest BCUT2D eigenvalue weighted by Gasteiger charge is -2.29. The molecule has 0 fully saturated rings. The zero-order valence-corrected chi connectivity index (χ0v) is 12.6. The molecule has 3 rings (SSSR count). The van der Waals surface area contributed by atoms with Crippen LogP contribution in [-0.4, -0.2) is 6.61 Å². The highest BCUT2D eigenvalue weighted by Crippen LogP contribution is 2.33. The molecule has 2 aromatic rings. The Hall–Kier alpha value is -1.80. The van der Waals surface area contributed by atoms with Crippen molar-refractivity contribution in [2.45, 2.75) is 32.2 Å². The quantitative estimate of drug-likeness (QED) is 0.922. The van der Waals surface area contributed by atoms with E-state index in [1.54, 1.807) is 0 Å². The Morgan fingerprint density at radius 1 is 1.10 bits per heavy atom. The first-order valence-corrected chi connectivity index (χ1v) is 7.83. The largest absolute Gasteiger partial charge is 0.494 e. The lowest BCUT2D eigenvalue weighted by Crippen LogP contribution is -2.26. The number of ether oxygens (including phenoxy) is 1. The van der Waals surface area contributed by atoms with Gasteiger partial charge in [0.2, 0.25) is 0 Å². The Morgan fingerprint density at radius 3 is 2.52 bits per heavy atom. The van der Waals surface area contributed by atoms with E-state index in [1.807, 2.05) is 19.1 Å². The molecule has 0 amide bonds. The highest BCUT2D eigenvalue weighted by Gasteiger charge is 2.24. The van der Waals surface area contributed by atoms with Crippen molar-refractivity contribution >= 4 is 0 Å². The summed E-state index contributed by atoms with van der Waals surface area (Å²) in [4.78, 5) is 0. The third-order valence-corrected chi connectivity index (χ3v) is 4.47. The average molecular weight is 281 g/mol. The summed E-state index contributed by atoms with van der Waals surface area (Å²) in [6.45, 7) is 2.70. The van der Waals surface area contributed by atoms with Crippen LogP contribution in [0.3, 0.4) is 0 Å². The van der Waals surface area contributed by atoms with Crippen LogP contribution in [0.4, 0.5) is 0 Å². The normalized spacial score (nSPS) is 18.9. The zero-order valence-electron chi connectivity index (χ0n) is 12.6. The Kier molecular flexibility index (Phi) is 4.26. The van der Waals surface area contributed by atoms with E-state index in [2.05, 4.69) is 36.4 Å². The van der Waals surface area contributed by atoms with Crippen molar-refractivity contribution in [1.29, 1.82) is 0 Å². The fraction of sp³-hybridized carbons (Fsp3) is 0.368. The van der Waals surface area contributed by atoms with Crippen molar-refractivity contribution < 1.29 is 4.74 Å². The topological polar surface area (TPSA) is 35.2 Å². The molecule has 2 N–H and O–H groups in total. The van der Waals surface area contributed by atoms with E-state index in [0.717, 1.165) is 18.6 Å². The first-order valence-electron chi connectivity index (χ1n) is 7.83. The van der Waals surface area contributed by atoms with Crippen LogP contribution < -0.4 is 10.5 Å². The van der Waals surface area contributed by atoms with Gasteiger partial charge >= 0.3 is 0 Å². The van der Waals surface area contributed by atoms with Crippen molar-refractivity contribution in [3.05, 3.63) is 65.2 Å². The number of nitrogens with two attached hydrogens (primary N) is 1. The van der Waals surface area contributed by atoms with Gasteiger partial charge in [-0.15, -0.1) is 0 Å². The number of aryl methyl sites for hydroxylation is 1. The van der Waals surface area contributed by atoms with Crippen molar-refractivity contribution in [3.8, 4) is 5.75 Å². The molecule has 0 heterocycles. The molecule has 0 saturated heterocycles. The molecule has 110 valence electrons. The van der Waals surface area contributed by atoms with Crippen molar-refractivity contribution in [1.82, 2.24) is 0 Å². The molecule has 2 unspecified atom stereocenters. The van der Waals surface area contributed by atoms with Gasteiger partial charge in [0.25, 0.3) is 0 Å². The molecular weight excluding hydrogens is 258 g/mol. The van der Waals surface area contributed by atoms with Gasteiger partial charge in [-0.2, -0.15) is 0 Å². The fourth-order valence-electron chi connectivity index (χ4n) is 3.26. The molecule has 0 aromatic heterocycles. The second-order valence-electron chi connectivity index (χ2n) is 5.80. The fourth-order valence-corrected chi connectivity index (χ4v) is 3.26. The third kappa shape index (κ3) is 3.11. The van der Waals surface area contributed by atoms with E-state index < -0.39 is 0 Å². The summed E-state index contributed by atoms with van der Waals surface area (Å²) in [7, 11) is 0. The second-order valence-corrected chi connectivity index (χ2v) is 5.80. The molecular formula is C19H23NO. The number of hydrogen-bond acceptors (Lipinski definition) is 2. The highest BCUT2D eigenvalue weighted by atomic mass is 16.5. The van der Waals surface area contributed by atoms with Crippen LogP contribution in [0.5, 0.6) is 5.75 Å². The molecule has 2 nitrogen and oxygen atoms in total. The van der Waals surface area contributed by atoms with E-state index in [0.29, 0.717) is 12.5 Å². The lowest BCUT2D eigenvalue weighted by atomic mass is 9.78. The number of benzene rings is 2. The predicted octanol–water partition coefficient (Wildman–Crippen LogP) is 3.89. The maximum Gasteiger partial charge on any atom is 0.119 e. The molecule has 0 spiro atoms. The molecule has 1 aliphatic carbocycles. The maximum absolute atomic E-state index is 6.51. The molecule has 2 aromatic carbocycles. The minimum Gasteiger partial charge on any atom is -0.494 e. The van der Waals surface area contributed by atoms with E-state index in [1.165, 1.54) is 23.1 Å². The van der Waals surface area contributed by atoms with Gasteiger partial charge in [0.15, 0.2) is 0 Å².